The molecule has 0 saturated carbocycles. The molecule has 5 rings (SSSR count). The molecule has 2 aliphatic heterocycles. The van der Waals surface area contributed by atoms with Gasteiger partial charge in [0.25, 0.3) is 11.8 Å². The van der Waals surface area contributed by atoms with Crippen molar-refractivity contribution in [3.8, 4) is 11.4 Å². The number of hydrogen-bond acceptors (Lipinski definition) is 5. The van der Waals surface area contributed by atoms with Crippen molar-refractivity contribution in [3.05, 3.63) is 65.5 Å². The Bertz CT molecular complexity index is 1250. The van der Waals surface area contributed by atoms with Crippen LogP contribution in [0.4, 0.5) is 11.4 Å². The number of benzene rings is 2. The third-order valence-electron chi connectivity index (χ3n) is 6.11. The van der Waals surface area contributed by atoms with Crippen molar-refractivity contribution in [3.63, 3.8) is 0 Å². The number of primary amides is 1. The first-order valence-electron chi connectivity index (χ1n) is 10.8. The lowest BCUT2D eigenvalue weighted by Gasteiger charge is -2.28. The summed E-state index contributed by atoms with van der Waals surface area (Å²) < 4.78 is 6.68. The fourth-order valence-corrected chi connectivity index (χ4v) is 4.45. The van der Waals surface area contributed by atoms with E-state index in [0.717, 1.165) is 12.1 Å². The van der Waals surface area contributed by atoms with Crippen molar-refractivity contribution in [2.45, 2.75) is 19.3 Å². The van der Waals surface area contributed by atoms with Crippen LogP contribution in [0.25, 0.3) is 5.69 Å². The molecule has 0 spiro atoms. The van der Waals surface area contributed by atoms with Gasteiger partial charge in [-0.15, -0.1) is 0 Å². The van der Waals surface area contributed by atoms with Crippen molar-refractivity contribution < 1.29 is 19.1 Å². The average molecular weight is 445 g/mol. The highest BCUT2D eigenvalue weighted by Crippen LogP contribution is 2.31. The number of aromatic nitrogens is 2. The lowest BCUT2D eigenvalue weighted by Crippen LogP contribution is -2.39. The Morgan fingerprint density at radius 3 is 2.12 bits per heavy atom. The van der Waals surface area contributed by atoms with Gasteiger partial charge in [0, 0.05) is 36.4 Å². The second-order valence-electron chi connectivity index (χ2n) is 8.02. The fraction of sp³-hybridized carbons (Fsp3) is 0.250. The number of fused-ring (bicyclic) bond motifs is 1. The number of amides is 3. The Morgan fingerprint density at radius 1 is 0.909 bits per heavy atom. The van der Waals surface area contributed by atoms with E-state index in [0.29, 0.717) is 54.3 Å². The van der Waals surface area contributed by atoms with Crippen LogP contribution in [-0.4, -0.2) is 47.7 Å². The third-order valence-corrected chi connectivity index (χ3v) is 6.11. The summed E-state index contributed by atoms with van der Waals surface area (Å²) in [4.78, 5) is 41.1. The van der Waals surface area contributed by atoms with E-state index in [1.165, 1.54) is 4.68 Å². The summed E-state index contributed by atoms with van der Waals surface area (Å²) in [6.07, 6.45) is 1.86. The maximum Gasteiger partial charge on any atom is 0.277 e. The van der Waals surface area contributed by atoms with E-state index in [2.05, 4.69) is 5.10 Å². The molecule has 3 aromatic rings. The summed E-state index contributed by atoms with van der Waals surface area (Å²) in [5.74, 6) is -0.153. The quantitative estimate of drug-likeness (QED) is 0.648. The Balaban J connectivity index is 1.51. The number of anilines is 2. The number of rotatable bonds is 5. The van der Waals surface area contributed by atoms with Crippen LogP contribution in [0.5, 0.6) is 5.75 Å². The molecule has 1 aromatic heterocycles. The highest BCUT2D eigenvalue weighted by atomic mass is 16.5. The van der Waals surface area contributed by atoms with Gasteiger partial charge in [0.2, 0.25) is 5.91 Å². The number of ether oxygens (including phenoxy) is 1. The Labute approximate surface area is 190 Å². The van der Waals surface area contributed by atoms with Gasteiger partial charge in [-0.2, -0.15) is 5.10 Å². The minimum atomic E-state index is -0.667. The average Bonchev–Trinajstić information content (AvgIpc) is 3.44. The molecular formula is C24H23N5O4. The van der Waals surface area contributed by atoms with Crippen LogP contribution in [0.2, 0.25) is 0 Å². The summed E-state index contributed by atoms with van der Waals surface area (Å²) in [5.41, 5.74) is 8.70. The van der Waals surface area contributed by atoms with E-state index in [1.54, 1.807) is 41.2 Å². The Morgan fingerprint density at radius 2 is 1.55 bits per heavy atom. The molecule has 0 radical (unpaired) electrons. The van der Waals surface area contributed by atoms with Crippen LogP contribution in [-0.2, 0) is 11.2 Å². The van der Waals surface area contributed by atoms with E-state index >= 15 is 0 Å². The van der Waals surface area contributed by atoms with Crippen LogP contribution in [0, 0.1) is 0 Å². The number of hydrogen-bond donors (Lipinski definition) is 1. The van der Waals surface area contributed by atoms with E-state index < -0.39 is 5.91 Å². The van der Waals surface area contributed by atoms with Crippen LogP contribution in [0.15, 0.2) is 48.5 Å². The van der Waals surface area contributed by atoms with Crippen LogP contribution < -0.4 is 20.3 Å². The van der Waals surface area contributed by atoms with Crippen LogP contribution >= 0.6 is 0 Å². The molecule has 2 aromatic carbocycles. The van der Waals surface area contributed by atoms with Gasteiger partial charge in [-0.25, -0.2) is 4.68 Å². The zero-order valence-corrected chi connectivity index (χ0v) is 18.2. The monoisotopic (exact) mass is 445 g/mol. The van der Waals surface area contributed by atoms with Gasteiger partial charge in [-0.1, -0.05) is 0 Å². The molecule has 1 saturated heterocycles. The highest BCUT2D eigenvalue weighted by molar-refractivity contribution is 6.09. The molecule has 9 heteroatoms. The van der Waals surface area contributed by atoms with Gasteiger partial charge in [-0.3, -0.25) is 14.4 Å². The first-order chi connectivity index (χ1) is 16.0. The smallest absolute Gasteiger partial charge is 0.277 e. The summed E-state index contributed by atoms with van der Waals surface area (Å²) in [5, 5.41) is 4.38. The number of carbonyl (C=O) groups excluding carboxylic acids is 3. The molecule has 0 atom stereocenters. The van der Waals surface area contributed by atoms with E-state index in [9.17, 15) is 14.4 Å². The summed E-state index contributed by atoms with van der Waals surface area (Å²) in [6.45, 7) is 1.10. The third kappa shape index (κ3) is 3.51. The van der Waals surface area contributed by atoms with Gasteiger partial charge >= 0.3 is 0 Å². The SMILES string of the molecule is COc1ccc(-n2nc(C(N)=O)c3c2C(=O)N(c2ccc(N4CCCC4=O)cc2)CC3)cc1. The number of carbonyl (C=O) groups is 3. The van der Waals surface area contributed by atoms with Gasteiger partial charge < -0.3 is 20.3 Å². The van der Waals surface area contributed by atoms with E-state index in [-0.39, 0.29) is 17.5 Å². The van der Waals surface area contributed by atoms with Gasteiger partial charge in [-0.05, 0) is 61.4 Å². The minimum Gasteiger partial charge on any atom is -0.497 e. The number of methoxy groups -OCH3 is 1. The molecule has 3 heterocycles. The van der Waals surface area contributed by atoms with Crippen molar-refractivity contribution in [1.82, 2.24) is 9.78 Å². The summed E-state index contributed by atoms with van der Waals surface area (Å²) in [6, 6.07) is 14.5. The standard InChI is InChI=1S/C24H23N5O4/c1-33-18-10-8-17(9-11-18)29-22-19(21(26-29)23(25)31)12-14-28(24(22)32)16-6-4-15(5-7-16)27-13-2-3-20(27)30/h4-11H,2-3,12-14H2,1H3,(H2,25,31). The molecule has 3 amide bonds. The predicted octanol–water partition coefficient (Wildman–Crippen LogP) is 2.31. The summed E-state index contributed by atoms with van der Waals surface area (Å²) >= 11 is 0. The fourth-order valence-electron chi connectivity index (χ4n) is 4.45. The van der Waals surface area contributed by atoms with Gasteiger partial charge in [0.15, 0.2) is 5.69 Å². The molecular weight excluding hydrogens is 422 g/mol. The zero-order valence-electron chi connectivity index (χ0n) is 18.2. The second kappa shape index (κ2) is 8.09. The molecule has 0 aliphatic carbocycles. The van der Waals surface area contributed by atoms with Crippen molar-refractivity contribution in [2.75, 3.05) is 30.0 Å². The van der Waals surface area contributed by atoms with E-state index in [1.807, 2.05) is 24.3 Å². The van der Waals surface area contributed by atoms with Crippen molar-refractivity contribution >= 4 is 29.1 Å². The highest BCUT2D eigenvalue weighted by Gasteiger charge is 2.34. The molecule has 168 valence electrons. The maximum atomic E-state index is 13.6. The molecule has 9 nitrogen and oxygen atoms in total. The van der Waals surface area contributed by atoms with Crippen LogP contribution in [0.1, 0.15) is 39.4 Å². The number of nitrogens with zero attached hydrogens (tertiary/aromatic N) is 4. The van der Waals surface area contributed by atoms with Gasteiger partial charge in [0.1, 0.15) is 11.4 Å². The maximum absolute atomic E-state index is 13.6. The zero-order chi connectivity index (χ0) is 23.1. The normalized spacial score (nSPS) is 15.7. The molecule has 2 aliphatic rings. The number of nitrogens with two attached hydrogens (primary N) is 1. The van der Waals surface area contributed by atoms with Crippen LogP contribution in [0.3, 0.4) is 0 Å². The predicted molar refractivity (Wildman–Crippen MR) is 122 cm³/mol. The van der Waals surface area contributed by atoms with Crippen molar-refractivity contribution in [1.29, 1.82) is 0 Å². The van der Waals surface area contributed by atoms with Crippen molar-refractivity contribution in [2.24, 2.45) is 5.73 Å². The van der Waals surface area contributed by atoms with Gasteiger partial charge in [0.05, 0.1) is 12.8 Å². The minimum absolute atomic E-state index is 0.108. The second-order valence-corrected chi connectivity index (χ2v) is 8.02. The lowest BCUT2D eigenvalue weighted by atomic mass is 10.0. The largest absolute Gasteiger partial charge is 0.497 e. The summed E-state index contributed by atoms with van der Waals surface area (Å²) in [7, 11) is 1.57. The first-order valence-corrected chi connectivity index (χ1v) is 10.8. The molecule has 0 unspecified atom stereocenters. The molecule has 1 fully saturated rings. The molecule has 2 N–H and O–H groups in total. The van der Waals surface area contributed by atoms with E-state index in [4.69, 9.17) is 10.5 Å². The lowest BCUT2D eigenvalue weighted by molar-refractivity contribution is -0.117. The molecule has 0 bridgehead atoms. The molecule has 33 heavy (non-hydrogen) atoms. The topological polar surface area (TPSA) is 111 Å². The Kier molecular flexibility index (Phi) is 5.08. The Hall–Kier alpha value is -4.14. The first kappa shape index (κ1) is 20.7.